The molecule has 11 heteroatoms. The van der Waals surface area contributed by atoms with Crippen molar-refractivity contribution in [3.8, 4) is 5.75 Å². The number of hydrogen-bond acceptors (Lipinski definition) is 5. The quantitative estimate of drug-likeness (QED) is 0.529. The first-order valence-electron chi connectivity index (χ1n) is 11.5. The summed E-state index contributed by atoms with van der Waals surface area (Å²) in [7, 11) is 1.53. The Hall–Kier alpha value is -3.60. The molecule has 1 aliphatic heterocycles. The van der Waals surface area contributed by atoms with Crippen molar-refractivity contribution in [3.05, 3.63) is 59.4 Å². The van der Waals surface area contributed by atoms with Crippen LogP contribution in [0.4, 0.5) is 23.7 Å². The lowest BCUT2D eigenvalue weighted by molar-refractivity contribution is -0.131. The molecule has 0 unspecified atom stereocenters. The van der Waals surface area contributed by atoms with Gasteiger partial charge in [0.2, 0.25) is 0 Å². The van der Waals surface area contributed by atoms with Gasteiger partial charge in [0.05, 0.1) is 20.2 Å². The highest BCUT2D eigenvalue weighted by Gasteiger charge is 2.27. The summed E-state index contributed by atoms with van der Waals surface area (Å²) in [6, 6.07) is 10.2. The number of anilines is 1. The van der Waals surface area contributed by atoms with Crippen molar-refractivity contribution in [2.75, 3.05) is 51.3 Å². The van der Waals surface area contributed by atoms with E-state index in [0.29, 0.717) is 24.5 Å². The Balaban J connectivity index is 1.79. The molecule has 194 valence electrons. The number of ketones is 1. The molecule has 1 N–H and O–H groups in total. The summed E-state index contributed by atoms with van der Waals surface area (Å²) in [5.41, 5.74) is 0.636. The monoisotopic (exact) mass is 506 g/mol. The molecule has 2 aromatic carbocycles. The second-order valence-corrected chi connectivity index (χ2v) is 8.24. The first kappa shape index (κ1) is 27.0. The number of methoxy groups -OCH3 is 1. The van der Waals surface area contributed by atoms with Crippen molar-refractivity contribution in [1.82, 2.24) is 15.1 Å². The van der Waals surface area contributed by atoms with Gasteiger partial charge < -0.3 is 19.9 Å². The number of piperazine rings is 1. The summed E-state index contributed by atoms with van der Waals surface area (Å²) < 4.78 is 44.8. The minimum atomic E-state index is -3.25. The van der Waals surface area contributed by atoms with E-state index >= 15 is 0 Å². The summed E-state index contributed by atoms with van der Waals surface area (Å²) in [6.07, 6.45) is -3.25. The van der Waals surface area contributed by atoms with Crippen LogP contribution in [0.1, 0.15) is 22.8 Å². The molecule has 1 fully saturated rings. The number of amides is 3. The van der Waals surface area contributed by atoms with Crippen LogP contribution >= 0.6 is 0 Å². The number of hydrogen-bond donors (Lipinski definition) is 1. The van der Waals surface area contributed by atoms with E-state index in [2.05, 4.69) is 11.8 Å². The lowest BCUT2D eigenvalue weighted by Crippen LogP contribution is -2.52. The number of carbonyl (C=O) groups is 3. The van der Waals surface area contributed by atoms with E-state index in [4.69, 9.17) is 4.74 Å². The molecule has 36 heavy (non-hydrogen) atoms. The fourth-order valence-corrected chi connectivity index (χ4v) is 3.82. The number of carbonyl (C=O) groups excluding carboxylic acids is 3. The molecule has 1 heterocycles. The molecule has 1 saturated heterocycles. The third-order valence-electron chi connectivity index (χ3n) is 6.03. The van der Waals surface area contributed by atoms with Crippen LogP contribution in [-0.2, 0) is 11.3 Å². The molecule has 3 rings (SSSR count). The number of Topliss-reactive ketones (excluding diaryl/α,β-unsaturated/α-hetero) is 1. The van der Waals surface area contributed by atoms with Crippen molar-refractivity contribution >= 4 is 23.4 Å². The van der Waals surface area contributed by atoms with Crippen LogP contribution in [0, 0.1) is 5.82 Å². The zero-order chi connectivity index (χ0) is 26.2. The summed E-state index contributed by atoms with van der Waals surface area (Å²) in [4.78, 5) is 42.1. The molecular weight excluding hydrogens is 477 g/mol. The van der Waals surface area contributed by atoms with Gasteiger partial charge in [-0.25, -0.2) is 9.18 Å². The fraction of sp³-hybridized carbons (Fsp3) is 0.400. The van der Waals surface area contributed by atoms with Gasteiger partial charge in [-0.2, -0.15) is 8.78 Å². The standard InChI is InChI=1S/C25H29F3N4O4/c1-3-30-10-12-31(13-11-30)25(35)32(19-6-8-20(36-2)9-7-19)16-18-5-4-17(14-21(18)26)22(33)15-29-24(34)23(27)28/h4-9,14,23H,3,10-13,15-16H2,1-2H3,(H,29,34). The second-order valence-electron chi connectivity index (χ2n) is 8.24. The highest BCUT2D eigenvalue weighted by Crippen LogP contribution is 2.24. The Morgan fingerprint density at radius 1 is 1.06 bits per heavy atom. The van der Waals surface area contributed by atoms with E-state index in [1.54, 1.807) is 34.5 Å². The highest BCUT2D eigenvalue weighted by atomic mass is 19.3. The molecule has 0 bridgehead atoms. The number of likely N-dealkylation sites (N-methyl/N-ethyl adjacent to an activating group) is 1. The van der Waals surface area contributed by atoms with Gasteiger partial charge in [-0.15, -0.1) is 0 Å². The maximum atomic E-state index is 15.0. The van der Waals surface area contributed by atoms with Gasteiger partial charge in [-0.3, -0.25) is 14.5 Å². The normalized spacial score (nSPS) is 14.0. The maximum Gasteiger partial charge on any atom is 0.324 e. The van der Waals surface area contributed by atoms with Crippen LogP contribution in [0.5, 0.6) is 5.75 Å². The van der Waals surface area contributed by atoms with Gasteiger partial charge in [0.25, 0.3) is 5.91 Å². The van der Waals surface area contributed by atoms with Crippen LogP contribution in [-0.4, -0.2) is 80.3 Å². The average molecular weight is 507 g/mol. The first-order chi connectivity index (χ1) is 17.2. The van der Waals surface area contributed by atoms with Crippen LogP contribution in [0.25, 0.3) is 0 Å². The number of ether oxygens (including phenoxy) is 1. The fourth-order valence-electron chi connectivity index (χ4n) is 3.82. The summed E-state index contributed by atoms with van der Waals surface area (Å²) in [6.45, 7) is 4.75. The Bertz CT molecular complexity index is 1070. The zero-order valence-corrected chi connectivity index (χ0v) is 20.2. The smallest absolute Gasteiger partial charge is 0.324 e. The van der Waals surface area contributed by atoms with Gasteiger partial charge in [-0.05, 0) is 36.9 Å². The summed E-state index contributed by atoms with van der Waals surface area (Å²) in [5.74, 6) is -2.42. The number of urea groups is 1. The van der Waals surface area contributed by atoms with Crippen LogP contribution in [0.15, 0.2) is 42.5 Å². The zero-order valence-electron chi connectivity index (χ0n) is 20.2. The molecule has 0 atom stereocenters. The molecule has 2 aromatic rings. The Kier molecular flexibility index (Phi) is 9.29. The number of benzene rings is 2. The predicted molar refractivity (Wildman–Crippen MR) is 128 cm³/mol. The van der Waals surface area contributed by atoms with E-state index in [0.717, 1.165) is 25.7 Å². The van der Waals surface area contributed by atoms with Crippen LogP contribution < -0.4 is 15.0 Å². The minimum Gasteiger partial charge on any atom is -0.497 e. The van der Waals surface area contributed by atoms with Crippen LogP contribution in [0.2, 0.25) is 0 Å². The maximum absolute atomic E-state index is 15.0. The Labute approximate surface area is 207 Å². The first-order valence-corrected chi connectivity index (χ1v) is 11.5. The van der Waals surface area contributed by atoms with Gasteiger partial charge in [-0.1, -0.05) is 19.1 Å². The Morgan fingerprint density at radius 2 is 1.72 bits per heavy atom. The van der Waals surface area contributed by atoms with Gasteiger partial charge in [0.1, 0.15) is 11.6 Å². The Morgan fingerprint density at radius 3 is 2.28 bits per heavy atom. The van der Waals surface area contributed by atoms with Crippen LogP contribution in [0.3, 0.4) is 0 Å². The van der Waals surface area contributed by atoms with E-state index in [1.807, 2.05) is 0 Å². The van der Waals surface area contributed by atoms with Crippen molar-refractivity contribution in [3.63, 3.8) is 0 Å². The molecule has 1 aliphatic rings. The summed E-state index contributed by atoms with van der Waals surface area (Å²) in [5, 5.41) is 1.80. The molecule has 0 spiro atoms. The molecule has 8 nitrogen and oxygen atoms in total. The van der Waals surface area contributed by atoms with Gasteiger partial charge >= 0.3 is 12.5 Å². The lowest BCUT2D eigenvalue weighted by Gasteiger charge is -2.37. The molecule has 0 aromatic heterocycles. The topological polar surface area (TPSA) is 82.2 Å². The number of alkyl halides is 2. The van der Waals surface area contributed by atoms with Crippen molar-refractivity contribution in [2.45, 2.75) is 19.9 Å². The van der Waals surface area contributed by atoms with Gasteiger partial charge in [0, 0.05) is 43.0 Å². The highest BCUT2D eigenvalue weighted by molar-refractivity contribution is 5.99. The van der Waals surface area contributed by atoms with E-state index in [9.17, 15) is 27.6 Å². The van der Waals surface area contributed by atoms with Gasteiger partial charge in [0.15, 0.2) is 5.78 Å². The van der Waals surface area contributed by atoms with E-state index < -0.39 is 30.5 Å². The lowest BCUT2D eigenvalue weighted by atomic mass is 10.1. The average Bonchev–Trinajstić information content (AvgIpc) is 2.90. The van der Waals surface area contributed by atoms with Crippen molar-refractivity contribution < 1.29 is 32.3 Å². The molecule has 3 amide bonds. The SMILES string of the molecule is CCN1CCN(C(=O)N(Cc2ccc(C(=O)CNC(=O)C(F)F)cc2F)c2ccc(OC)cc2)CC1. The molecule has 0 aliphatic carbocycles. The third kappa shape index (κ3) is 6.75. The predicted octanol–water partition coefficient (Wildman–Crippen LogP) is 3.16. The number of nitrogens with one attached hydrogen (secondary N) is 1. The summed E-state index contributed by atoms with van der Waals surface area (Å²) >= 11 is 0. The number of nitrogens with zero attached hydrogens (tertiary/aromatic N) is 3. The number of halogens is 3. The van der Waals surface area contributed by atoms with E-state index in [-0.39, 0.29) is 23.7 Å². The molecular formula is C25H29F3N4O4. The number of rotatable bonds is 9. The van der Waals surface area contributed by atoms with Crippen molar-refractivity contribution in [1.29, 1.82) is 0 Å². The van der Waals surface area contributed by atoms with Crippen molar-refractivity contribution in [2.24, 2.45) is 0 Å². The second kappa shape index (κ2) is 12.4. The molecule has 0 saturated carbocycles. The minimum absolute atomic E-state index is 0.0798. The molecule has 0 radical (unpaired) electrons. The van der Waals surface area contributed by atoms with E-state index in [1.165, 1.54) is 24.1 Å². The third-order valence-corrected chi connectivity index (χ3v) is 6.03. The largest absolute Gasteiger partial charge is 0.497 e.